The normalized spacial score (nSPS) is 14.4. The molecule has 1 heteroatoms. The highest BCUT2D eigenvalue weighted by Crippen LogP contribution is 2.63. The molecule has 1 heterocycles. The Hall–Kier alpha value is -4.36. The standard InChI is InChI=1S/C33H20O/c1-3-11-23-21(9-1)17-19-27-31(23)32-24-12-4-2-10-22(24)18-20-28(32)33(27)25-13-5-7-15-29(25)34-30-16-8-6-14-26(30)33/h1-20H. The van der Waals surface area contributed by atoms with Crippen LogP contribution in [0.3, 0.4) is 0 Å². The van der Waals surface area contributed by atoms with Crippen molar-refractivity contribution in [2.75, 3.05) is 0 Å². The predicted molar refractivity (Wildman–Crippen MR) is 139 cm³/mol. The van der Waals surface area contributed by atoms with Crippen LogP contribution >= 0.6 is 0 Å². The van der Waals surface area contributed by atoms with Crippen molar-refractivity contribution in [2.45, 2.75) is 5.41 Å². The van der Waals surface area contributed by atoms with Crippen LogP contribution in [0.1, 0.15) is 22.3 Å². The maximum atomic E-state index is 6.47. The maximum absolute atomic E-state index is 6.47. The van der Waals surface area contributed by atoms with Gasteiger partial charge in [-0.3, -0.25) is 0 Å². The Morgan fingerprint density at radius 2 is 0.824 bits per heavy atom. The molecular weight excluding hydrogens is 412 g/mol. The zero-order valence-corrected chi connectivity index (χ0v) is 18.5. The Labute approximate surface area is 197 Å². The molecule has 1 nitrogen and oxygen atoms in total. The summed E-state index contributed by atoms with van der Waals surface area (Å²) in [4.78, 5) is 0. The fourth-order valence-electron chi connectivity index (χ4n) is 6.43. The summed E-state index contributed by atoms with van der Waals surface area (Å²) in [7, 11) is 0. The van der Waals surface area contributed by atoms with Gasteiger partial charge in [-0.2, -0.15) is 0 Å². The molecule has 6 aromatic carbocycles. The molecule has 158 valence electrons. The molecule has 0 radical (unpaired) electrons. The molecule has 0 fully saturated rings. The van der Waals surface area contributed by atoms with Gasteiger partial charge in [-0.1, -0.05) is 109 Å². The van der Waals surface area contributed by atoms with E-state index in [0.29, 0.717) is 0 Å². The van der Waals surface area contributed by atoms with E-state index < -0.39 is 5.41 Å². The lowest BCUT2D eigenvalue weighted by molar-refractivity contribution is 0.436. The molecule has 0 saturated heterocycles. The van der Waals surface area contributed by atoms with Crippen LogP contribution in [0.4, 0.5) is 0 Å². The van der Waals surface area contributed by atoms with E-state index in [1.165, 1.54) is 54.9 Å². The quantitative estimate of drug-likeness (QED) is 0.233. The van der Waals surface area contributed by atoms with E-state index in [1.54, 1.807) is 0 Å². The van der Waals surface area contributed by atoms with Crippen LogP contribution in [0, 0.1) is 0 Å². The van der Waals surface area contributed by atoms with E-state index in [-0.39, 0.29) is 0 Å². The lowest BCUT2D eigenvalue weighted by Crippen LogP contribution is -2.32. The van der Waals surface area contributed by atoms with Crippen LogP contribution in [-0.4, -0.2) is 0 Å². The minimum absolute atomic E-state index is 0.426. The highest BCUT2D eigenvalue weighted by Gasteiger charge is 2.51. The van der Waals surface area contributed by atoms with Gasteiger partial charge in [-0.05, 0) is 55.9 Å². The van der Waals surface area contributed by atoms with E-state index in [4.69, 9.17) is 4.74 Å². The number of rotatable bonds is 0. The fraction of sp³-hybridized carbons (Fsp3) is 0.0303. The summed E-state index contributed by atoms with van der Waals surface area (Å²) >= 11 is 0. The predicted octanol–water partition coefficient (Wildman–Crippen LogP) is 8.46. The average Bonchev–Trinajstić information content (AvgIpc) is 3.21. The Morgan fingerprint density at radius 3 is 1.35 bits per heavy atom. The second kappa shape index (κ2) is 6.36. The summed E-state index contributed by atoms with van der Waals surface area (Å²) in [6, 6.07) is 43.9. The summed E-state index contributed by atoms with van der Waals surface area (Å²) in [5.74, 6) is 1.86. The van der Waals surface area contributed by atoms with Crippen LogP contribution in [0.25, 0.3) is 32.7 Å². The zero-order valence-electron chi connectivity index (χ0n) is 18.5. The smallest absolute Gasteiger partial charge is 0.132 e. The minimum atomic E-state index is -0.426. The fourth-order valence-corrected chi connectivity index (χ4v) is 6.43. The molecule has 2 aliphatic rings. The third-order valence-electron chi connectivity index (χ3n) is 7.72. The number of hydrogen-bond acceptors (Lipinski definition) is 1. The van der Waals surface area contributed by atoms with Gasteiger partial charge in [0.25, 0.3) is 0 Å². The van der Waals surface area contributed by atoms with Crippen LogP contribution in [0.5, 0.6) is 11.5 Å². The largest absolute Gasteiger partial charge is 0.457 e. The van der Waals surface area contributed by atoms with Crippen LogP contribution in [0.2, 0.25) is 0 Å². The molecule has 0 bridgehead atoms. The zero-order chi connectivity index (χ0) is 22.3. The first-order valence-electron chi connectivity index (χ1n) is 11.8. The Bertz CT molecular complexity index is 1660. The van der Waals surface area contributed by atoms with Gasteiger partial charge in [0.15, 0.2) is 0 Å². The molecule has 1 aliphatic heterocycles. The molecule has 0 aromatic heterocycles. The summed E-state index contributed by atoms with van der Waals surface area (Å²) in [6.45, 7) is 0. The van der Waals surface area contributed by atoms with Gasteiger partial charge in [0, 0.05) is 11.1 Å². The Morgan fingerprint density at radius 1 is 0.382 bits per heavy atom. The molecule has 8 rings (SSSR count). The van der Waals surface area contributed by atoms with Gasteiger partial charge >= 0.3 is 0 Å². The molecular formula is C33H20O. The lowest BCUT2D eigenvalue weighted by Gasteiger charge is -2.39. The molecule has 0 N–H and O–H groups in total. The topological polar surface area (TPSA) is 9.23 Å². The monoisotopic (exact) mass is 432 g/mol. The summed E-state index contributed by atoms with van der Waals surface area (Å²) in [6.07, 6.45) is 0. The van der Waals surface area contributed by atoms with Crippen molar-refractivity contribution in [1.29, 1.82) is 0 Å². The first-order chi connectivity index (χ1) is 16.9. The van der Waals surface area contributed by atoms with Crippen molar-refractivity contribution in [2.24, 2.45) is 0 Å². The van der Waals surface area contributed by atoms with E-state index in [1.807, 2.05) is 0 Å². The van der Waals surface area contributed by atoms with Crippen molar-refractivity contribution in [3.8, 4) is 22.6 Å². The van der Waals surface area contributed by atoms with Gasteiger partial charge in [-0.25, -0.2) is 0 Å². The van der Waals surface area contributed by atoms with Crippen molar-refractivity contribution < 1.29 is 4.74 Å². The second-order valence-electron chi connectivity index (χ2n) is 9.26. The van der Waals surface area contributed by atoms with Crippen LogP contribution < -0.4 is 4.74 Å². The molecule has 1 aliphatic carbocycles. The number of benzene rings is 6. The van der Waals surface area contributed by atoms with Crippen LogP contribution in [0.15, 0.2) is 121 Å². The Balaban J connectivity index is 1.67. The first-order valence-corrected chi connectivity index (χ1v) is 11.8. The molecule has 1 spiro atoms. The second-order valence-corrected chi connectivity index (χ2v) is 9.26. The van der Waals surface area contributed by atoms with E-state index in [0.717, 1.165) is 11.5 Å². The summed E-state index contributed by atoms with van der Waals surface area (Å²) in [5, 5.41) is 5.14. The first kappa shape index (κ1) is 18.1. The van der Waals surface area contributed by atoms with Gasteiger partial charge in [-0.15, -0.1) is 0 Å². The number of fused-ring (bicyclic) bond motifs is 13. The summed E-state index contributed by atoms with van der Waals surface area (Å²) < 4.78 is 6.47. The molecule has 0 saturated carbocycles. The van der Waals surface area contributed by atoms with Crippen molar-refractivity contribution in [3.05, 3.63) is 144 Å². The molecule has 0 atom stereocenters. The molecule has 34 heavy (non-hydrogen) atoms. The number of para-hydroxylation sites is 2. The highest BCUT2D eigenvalue weighted by molar-refractivity contribution is 6.12. The van der Waals surface area contributed by atoms with E-state index in [2.05, 4.69) is 121 Å². The third kappa shape index (κ3) is 2.06. The highest BCUT2D eigenvalue weighted by atomic mass is 16.5. The van der Waals surface area contributed by atoms with E-state index in [9.17, 15) is 0 Å². The summed E-state index contributed by atoms with van der Waals surface area (Å²) in [5.41, 5.74) is 7.34. The number of hydrogen-bond donors (Lipinski definition) is 0. The van der Waals surface area contributed by atoms with E-state index >= 15 is 0 Å². The van der Waals surface area contributed by atoms with Gasteiger partial charge < -0.3 is 4.74 Å². The van der Waals surface area contributed by atoms with Crippen molar-refractivity contribution in [1.82, 2.24) is 0 Å². The molecule has 0 amide bonds. The Kier molecular flexibility index (Phi) is 3.39. The maximum Gasteiger partial charge on any atom is 0.132 e. The molecule has 0 unspecified atom stereocenters. The SMILES string of the molecule is c1ccc2c(c1)Oc1ccccc1C21c2ccc3ccccc3c2-c2c1ccc1ccccc21. The van der Waals surface area contributed by atoms with Crippen molar-refractivity contribution in [3.63, 3.8) is 0 Å². The van der Waals surface area contributed by atoms with Crippen LogP contribution in [-0.2, 0) is 5.41 Å². The van der Waals surface area contributed by atoms with Gasteiger partial charge in [0.2, 0.25) is 0 Å². The average molecular weight is 433 g/mol. The lowest BCUT2D eigenvalue weighted by atomic mass is 9.66. The third-order valence-corrected chi connectivity index (χ3v) is 7.72. The van der Waals surface area contributed by atoms with Crippen molar-refractivity contribution >= 4 is 21.5 Å². The molecule has 6 aromatic rings. The number of ether oxygens (including phenoxy) is 1. The minimum Gasteiger partial charge on any atom is -0.457 e. The van der Waals surface area contributed by atoms with Gasteiger partial charge in [0.05, 0.1) is 5.41 Å². The van der Waals surface area contributed by atoms with Gasteiger partial charge in [0.1, 0.15) is 11.5 Å².